The molecule has 0 aliphatic carbocycles. The Balaban J connectivity index is 1.72. The maximum absolute atomic E-state index is 12.8. The Morgan fingerprint density at radius 3 is 2.15 bits per heavy atom. The van der Waals surface area contributed by atoms with Gasteiger partial charge in [0.05, 0.1) is 5.56 Å². The number of rotatable bonds is 6. The first-order chi connectivity index (χ1) is 15.4. The highest BCUT2D eigenvalue weighted by molar-refractivity contribution is 5.94. The minimum atomic E-state index is -4.87. The lowest BCUT2D eigenvalue weighted by atomic mass is 10.1. The number of hydrogen-bond donors (Lipinski definition) is 0. The van der Waals surface area contributed by atoms with Gasteiger partial charge < -0.3 is 14.4 Å². The first kappa shape index (κ1) is 24.0. The van der Waals surface area contributed by atoms with E-state index in [4.69, 9.17) is 4.74 Å². The zero-order valence-electron chi connectivity index (χ0n) is 17.1. The maximum atomic E-state index is 12.8. The molecule has 1 amide bonds. The minimum absolute atomic E-state index is 0.138. The number of carbonyl (C=O) groups excluding carboxylic acids is 1. The average Bonchev–Trinajstić information content (AvgIpc) is 2.73. The molecule has 174 valence electrons. The number of halogens is 6. The molecule has 0 spiro atoms. The summed E-state index contributed by atoms with van der Waals surface area (Å²) in [7, 11) is 1.41. The lowest BCUT2D eigenvalue weighted by Crippen LogP contribution is -2.27. The molecule has 0 saturated heterocycles. The predicted octanol–water partition coefficient (Wildman–Crippen LogP) is 6.67. The number of amides is 1. The number of ether oxygens (including phenoxy) is 2. The number of nitrogens with zero attached hydrogens (tertiary/aromatic N) is 1. The van der Waals surface area contributed by atoms with Crippen LogP contribution in [0.2, 0.25) is 0 Å². The van der Waals surface area contributed by atoms with Crippen molar-refractivity contribution in [3.05, 3.63) is 89.5 Å². The van der Waals surface area contributed by atoms with Crippen molar-refractivity contribution in [1.29, 1.82) is 0 Å². The fourth-order valence-corrected chi connectivity index (χ4v) is 2.95. The van der Waals surface area contributed by atoms with Crippen LogP contribution in [-0.2, 0) is 12.7 Å². The van der Waals surface area contributed by atoms with Gasteiger partial charge in [-0.1, -0.05) is 24.3 Å². The molecule has 10 heteroatoms. The summed E-state index contributed by atoms with van der Waals surface area (Å²) in [5.41, 5.74) is -0.492. The van der Waals surface area contributed by atoms with E-state index in [2.05, 4.69) is 4.74 Å². The van der Waals surface area contributed by atoms with Gasteiger partial charge in [0.25, 0.3) is 5.91 Å². The number of benzene rings is 3. The molecule has 33 heavy (non-hydrogen) atoms. The van der Waals surface area contributed by atoms with Gasteiger partial charge in [0.1, 0.15) is 17.2 Å². The zero-order chi connectivity index (χ0) is 24.2. The second-order valence-corrected chi connectivity index (χ2v) is 6.97. The molecule has 0 aliphatic heterocycles. The molecule has 3 aromatic carbocycles. The van der Waals surface area contributed by atoms with Gasteiger partial charge in [-0.2, -0.15) is 13.2 Å². The molecule has 4 nitrogen and oxygen atoms in total. The standard InChI is InChI=1S/C23H17F6NO3/c1-30(14-16-5-2-3-8-20(16)33-23(27,28)29)21(31)15-6-4-7-19(13-15)32-18-11-9-17(10-12-18)22(24,25)26/h2-13H,14H2,1H3. The zero-order valence-corrected chi connectivity index (χ0v) is 17.1. The molecular weight excluding hydrogens is 452 g/mol. The Kier molecular flexibility index (Phi) is 6.85. The number of alkyl halides is 6. The van der Waals surface area contributed by atoms with E-state index in [1.165, 1.54) is 54.4 Å². The summed E-state index contributed by atoms with van der Waals surface area (Å²) in [5.74, 6) is -0.576. The minimum Gasteiger partial charge on any atom is -0.457 e. The van der Waals surface area contributed by atoms with E-state index in [1.807, 2.05) is 0 Å². The third-order valence-corrected chi connectivity index (χ3v) is 4.45. The van der Waals surface area contributed by atoms with Crippen molar-refractivity contribution < 1.29 is 40.6 Å². The van der Waals surface area contributed by atoms with E-state index in [1.54, 1.807) is 0 Å². The van der Waals surface area contributed by atoms with Crippen molar-refractivity contribution in [1.82, 2.24) is 4.90 Å². The summed E-state index contributed by atoms with van der Waals surface area (Å²) in [6, 6.07) is 15.4. The second kappa shape index (κ2) is 9.43. The van der Waals surface area contributed by atoms with Gasteiger partial charge in [-0.05, 0) is 48.5 Å². The highest BCUT2D eigenvalue weighted by Gasteiger charge is 2.32. The first-order valence-electron chi connectivity index (χ1n) is 9.47. The molecule has 0 saturated carbocycles. The van der Waals surface area contributed by atoms with Crippen LogP contribution in [0.25, 0.3) is 0 Å². The summed E-state index contributed by atoms with van der Waals surface area (Å²) < 4.78 is 85.4. The van der Waals surface area contributed by atoms with E-state index in [-0.39, 0.29) is 29.2 Å². The molecule has 0 bridgehead atoms. The van der Waals surface area contributed by atoms with Gasteiger partial charge in [0.2, 0.25) is 0 Å². The summed E-state index contributed by atoms with van der Waals surface area (Å²) >= 11 is 0. The number of para-hydroxylation sites is 1. The van der Waals surface area contributed by atoms with Gasteiger partial charge in [0, 0.05) is 24.7 Å². The van der Waals surface area contributed by atoms with Gasteiger partial charge in [-0.3, -0.25) is 4.79 Å². The van der Waals surface area contributed by atoms with Crippen molar-refractivity contribution in [3.8, 4) is 17.2 Å². The van der Waals surface area contributed by atoms with Crippen molar-refractivity contribution in [2.45, 2.75) is 19.1 Å². The Morgan fingerprint density at radius 1 is 0.848 bits per heavy atom. The molecule has 0 heterocycles. The van der Waals surface area contributed by atoms with Crippen LogP contribution in [0.3, 0.4) is 0 Å². The average molecular weight is 469 g/mol. The first-order valence-corrected chi connectivity index (χ1v) is 9.47. The van der Waals surface area contributed by atoms with Crippen molar-refractivity contribution in [2.24, 2.45) is 0 Å². The highest BCUT2D eigenvalue weighted by atomic mass is 19.4. The molecule has 0 aromatic heterocycles. The van der Waals surface area contributed by atoms with Crippen molar-refractivity contribution >= 4 is 5.91 Å². The number of carbonyl (C=O) groups is 1. The van der Waals surface area contributed by atoms with E-state index in [9.17, 15) is 31.1 Å². The fourth-order valence-electron chi connectivity index (χ4n) is 2.95. The van der Waals surface area contributed by atoms with Crippen LogP contribution in [0.1, 0.15) is 21.5 Å². The Hall–Kier alpha value is -3.69. The van der Waals surface area contributed by atoms with Crippen LogP contribution in [0.4, 0.5) is 26.3 Å². The SMILES string of the molecule is CN(Cc1ccccc1OC(F)(F)F)C(=O)c1cccc(Oc2ccc(C(F)(F)F)cc2)c1. The van der Waals surface area contributed by atoms with Gasteiger partial charge in [-0.25, -0.2) is 0 Å². The van der Waals surface area contributed by atoms with Gasteiger partial charge in [-0.15, -0.1) is 13.2 Å². The molecule has 0 fully saturated rings. The Morgan fingerprint density at radius 2 is 1.52 bits per heavy atom. The van der Waals surface area contributed by atoms with Gasteiger partial charge >= 0.3 is 12.5 Å². The van der Waals surface area contributed by atoms with E-state index in [0.29, 0.717) is 0 Å². The molecule has 3 rings (SSSR count). The van der Waals surface area contributed by atoms with Crippen LogP contribution in [0.5, 0.6) is 17.2 Å². The normalized spacial score (nSPS) is 11.7. The lowest BCUT2D eigenvalue weighted by Gasteiger charge is -2.20. The molecule has 0 radical (unpaired) electrons. The lowest BCUT2D eigenvalue weighted by molar-refractivity contribution is -0.275. The summed E-state index contributed by atoms with van der Waals surface area (Å²) in [6.07, 6.45) is -9.35. The Bertz CT molecular complexity index is 1110. The molecular formula is C23H17F6NO3. The van der Waals surface area contributed by atoms with Crippen LogP contribution in [-0.4, -0.2) is 24.2 Å². The third-order valence-electron chi connectivity index (χ3n) is 4.45. The predicted molar refractivity (Wildman–Crippen MR) is 107 cm³/mol. The highest BCUT2D eigenvalue weighted by Crippen LogP contribution is 2.32. The quantitative estimate of drug-likeness (QED) is 0.379. The fraction of sp³-hybridized carbons (Fsp3) is 0.174. The second-order valence-electron chi connectivity index (χ2n) is 6.97. The third kappa shape index (κ3) is 6.64. The van der Waals surface area contributed by atoms with Crippen LogP contribution in [0, 0.1) is 0 Å². The monoisotopic (exact) mass is 469 g/mol. The van der Waals surface area contributed by atoms with Crippen LogP contribution in [0.15, 0.2) is 72.8 Å². The van der Waals surface area contributed by atoms with Gasteiger partial charge in [0.15, 0.2) is 0 Å². The van der Waals surface area contributed by atoms with Crippen molar-refractivity contribution in [2.75, 3.05) is 7.05 Å². The van der Waals surface area contributed by atoms with E-state index in [0.717, 1.165) is 30.3 Å². The summed E-state index contributed by atoms with van der Waals surface area (Å²) in [5, 5.41) is 0. The molecule has 0 atom stereocenters. The topological polar surface area (TPSA) is 38.8 Å². The van der Waals surface area contributed by atoms with Crippen molar-refractivity contribution in [3.63, 3.8) is 0 Å². The van der Waals surface area contributed by atoms with E-state index >= 15 is 0 Å². The summed E-state index contributed by atoms with van der Waals surface area (Å²) in [4.78, 5) is 14.0. The molecule has 0 unspecified atom stereocenters. The molecule has 0 aliphatic rings. The molecule has 3 aromatic rings. The largest absolute Gasteiger partial charge is 0.573 e. The van der Waals surface area contributed by atoms with Crippen LogP contribution >= 0.6 is 0 Å². The van der Waals surface area contributed by atoms with E-state index < -0.39 is 29.8 Å². The maximum Gasteiger partial charge on any atom is 0.573 e. The Labute approximate surface area is 185 Å². The summed E-state index contributed by atoms with van der Waals surface area (Å²) in [6.45, 7) is -0.158. The smallest absolute Gasteiger partial charge is 0.457 e. The molecule has 0 N–H and O–H groups in total. The van der Waals surface area contributed by atoms with Crippen LogP contribution < -0.4 is 9.47 Å². The number of hydrogen-bond acceptors (Lipinski definition) is 3.